The maximum atomic E-state index is 9.77. The first-order valence-electron chi connectivity index (χ1n) is 9.33. The molecule has 2 N–H and O–H groups in total. The Labute approximate surface area is 145 Å². The topological polar surface area (TPSA) is 74.4 Å². The van der Waals surface area contributed by atoms with E-state index in [0.29, 0.717) is 17.7 Å². The van der Waals surface area contributed by atoms with E-state index >= 15 is 0 Å². The highest BCUT2D eigenvalue weighted by Crippen LogP contribution is 2.23. The first kappa shape index (κ1) is 19.3. The van der Waals surface area contributed by atoms with Crippen molar-refractivity contribution in [3.63, 3.8) is 0 Å². The summed E-state index contributed by atoms with van der Waals surface area (Å²) in [6, 6.07) is 0.415. The highest BCUT2D eigenvalue weighted by molar-refractivity contribution is 4.91. The minimum absolute atomic E-state index is 0.0375. The van der Waals surface area contributed by atoms with Gasteiger partial charge in [-0.2, -0.15) is 0 Å². The van der Waals surface area contributed by atoms with Crippen LogP contribution in [-0.2, 0) is 6.61 Å². The third kappa shape index (κ3) is 6.49. The fourth-order valence-corrected chi connectivity index (χ4v) is 3.40. The number of hydrogen-bond donors (Lipinski definition) is 2. The lowest BCUT2D eigenvalue weighted by atomic mass is 9.95. The molecule has 6 nitrogen and oxygen atoms in total. The molecule has 1 aromatic heterocycles. The van der Waals surface area contributed by atoms with Gasteiger partial charge in [0.1, 0.15) is 5.69 Å². The maximum Gasteiger partial charge on any atom is 0.108 e. The second-order valence-electron chi connectivity index (χ2n) is 8.02. The van der Waals surface area contributed by atoms with Crippen molar-refractivity contribution < 1.29 is 10.2 Å². The molecule has 1 saturated heterocycles. The van der Waals surface area contributed by atoms with Gasteiger partial charge in [0.05, 0.1) is 24.4 Å². The van der Waals surface area contributed by atoms with Gasteiger partial charge in [-0.1, -0.05) is 25.0 Å². The molecule has 0 radical (unpaired) electrons. The quantitative estimate of drug-likeness (QED) is 0.723. The number of rotatable bonds is 9. The summed E-state index contributed by atoms with van der Waals surface area (Å²) in [4.78, 5) is 2.55. The van der Waals surface area contributed by atoms with Gasteiger partial charge in [-0.3, -0.25) is 0 Å². The maximum absolute atomic E-state index is 9.77. The van der Waals surface area contributed by atoms with Crippen molar-refractivity contribution >= 4 is 0 Å². The smallest absolute Gasteiger partial charge is 0.108 e. The van der Waals surface area contributed by atoms with Crippen molar-refractivity contribution in [1.82, 2.24) is 19.9 Å². The SMILES string of the molecule is C[C@@H](CCCC(C)(C)O)CCN1CCC(n2cc(CO)nn2)CC1. The largest absolute Gasteiger partial charge is 0.390 e. The fraction of sp³-hybridized carbons (Fsp3) is 0.889. The summed E-state index contributed by atoms with van der Waals surface area (Å²) < 4.78 is 1.92. The molecule has 0 spiro atoms. The van der Waals surface area contributed by atoms with Crippen LogP contribution in [0.25, 0.3) is 0 Å². The molecule has 0 bridgehead atoms. The van der Waals surface area contributed by atoms with Crippen molar-refractivity contribution in [2.45, 2.75) is 77.5 Å². The van der Waals surface area contributed by atoms with E-state index in [1.165, 1.54) is 12.8 Å². The Morgan fingerprint density at radius 2 is 2.00 bits per heavy atom. The number of aromatic nitrogens is 3. The third-order valence-corrected chi connectivity index (χ3v) is 5.07. The Kier molecular flexibility index (Phi) is 7.19. The van der Waals surface area contributed by atoms with E-state index in [9.17, 15) is 5.11 Å². The Bertz CT molecular complexity index is 476. The van der Waals surface area contributed by atoms with Crippen LogP contribution in [0.1, 0.15) is 71.0 Å². The van der Waals surface area contributed by atoms with Gasteiger partial charge < -0.3 is 15.1 Å². The molecule has 0 aromatic carbocycles. The summed E-state index contributed by atoms with van der Waals surface area (Å²) in [5.41, 5.74) is 0.121. The van der Waals surface area contributed by atoms with Crippen molar-refractivity contribution in [3.8, 4) is 0 Å². The first-order chi connectivity index (χ1) is 11.4. The van der Waals surface area contributed by atoms with Crippen LogP contribution in [0, 0.1) is 5.92 Å². The molecule has 2 rings (SSSR count). The van der Waals surface area contributed by atoms with Gasteiger partial charge >= 0.3 is 0 Å². The molecule has 2 heterocycles. The predicted molar refractivity (Wildman–Crippen MR) is 94.6 cm³/mol. The highest BCUT2D eigenvalue weighted by atomic mass is 16.3. The van der Waals surface area contributed by atoms with E-state index in [1.807, 2.05) is 24.7 Å². The van der Waals surface area contributed by atoms with Crippen LogP contribution in [0.3, 0.4) is 0 Å². The molecule has 1 aliphatic rings. The normalized spacial score (nSPS) is 18.9. The monoisotopic (exact) mass is 338 g/mol. The summed E-state index contributed by atoms with van der Waals surface area (Å²) >= 11 is 0. The lowest BCUT2D eigenvalue weighted by molar-refractivity contribution is 0.0666. The van der Waals surface area contributed by atoms with Crippen molar-refractivity contribution in [1.29, 1.82) is 0 Å². The van der Waals surface area contributed by atoms with Crippen LogP contribution in [0.2, 0.25) is 0 Å². The molecule has 6 heteroatoms. The molecule has 0 saturated carbocycles. The van der Waals surface area contributed by atoms with E-state index < -0.39 is 5.60 Å². The molecule has 1 aliphatic heterocycles. The zero-order valence-corrected chi connectivity index (χ0v) is 15.5. The zero-order valence-electron chi connectivity index (χ0n) is 15.5. The van der Waals surface area contributed by atoms with Crippen LogP contribution in [0.15, 0.2) is 6.20 Å². The van der Waals surface area contributed by atoms with Crippen LogP contribution in [0.4, 0.5) is 0 Å². The van der Waals surface area contributed by atoms with E-state index in [2.05, 4.69) is 22.1 Å². The van der Waals surface area contributed by atoms with Crippen LogP contribution in [-0.4, -0.2) is 55.3 Å². The number of likely N-dealkylation sites (tertiary alicyclic amines) is 1. The molecule has 138 valence electrons. The number of aliphatic hydroxyl groups excluding tert-OH is 1. The van der Waals surface area contributed by atoms with Gasteiger partial charge in [-0.05, 0) is 52.0 Å². The average molecular weight is 338 g/mol. The van der Waals surface area contributed by atoms with Crippen molar-refractivity contribution in [3.05, 3.63) is 11.9 Å². The van der Waals surface area contributed by atoms with Gasteiger partial charge in [-0.15, -0.1) is 5.10 Å². The molecule has 24 heavy (non-hydrogen) atoms. The Morgan fingerprint density at radius 3 is 2.58 bits per heavy atom. The fourth-order valence-electron chi connectivity index (χ4n) is 3.40. The molecule has 1 atom stereocenters. The summed E-state index contributed by atoms with van der Waals surface area (Å²) in [7, 11) is 0. The van der Waals surface area contributed by atoms with Gasteiger partial charge in [0.25, 0.3) is 0 Å². The average Bonchev–Trinajstić information content (AvgIpc) is 3.01. The molecule has 0 unspecified atom stereocenters. The third-order valence-electron chi connectivity index (χ3n) is 5.07. The summed E-state index contributed by atoms with van der Waals surface area (Å²) in [5, 5.41) is 26.9. The number of hydrogen-bond acceptors (Lipinski definition) is 5. The van der Waals surface area contributed by atoms with Crippen molar-refractivity contribution in [2.24, 2.45) is 5.92 Å². The predicted octanol–water partition coefficient (Wildman–Crippen LogP) is 2.37. The molecule has 1 aromatic rings. The highest BCUT2D eigenvalue weighted by Gasteiger charge is 2.22. The van der Waals surface area contributed by atoms with Gasteiger partial charge in [-0.25, -0.2) is 4.68 Å². The molecule has 0 aliphatic carbocycles. The van der Waals surface area contributed by atoms with E-state index in [0.717, 1.165) is 45.3 Å². The number of nitrogens with zero attached hydrogens (tertiary/aromatic N) is 4. The Balaban J connectivity index is 1.62. The lowest BCUT2D eigenvalue weighted by Crippen LogP contribution is -2.36. The molecule has 1 fully saturated rings. The van der Waals surface area contributed by atoms with Crippen LogP contribution < -0.4 is 0 Å². The lowest BCUT2D eigenvalue weighted by Gasteiger charge is -2.32. The van der Waals surface area contributed by atoms with E-state index in [-0.39, 0.29) is 6.61 Å². The summed E-state index contributed by atoms with van der Waals surface area (Å²) in [5.74, 6) is 0.715. The minimum Gasteiger partial charge on any atom is -0.390 e. The van der Waals surface area contributed by atoms with Crippen molar-refractivity contribution in [2.75, 3.05) is 19.6 Å². The van der Waals surface area contributed by atoms with Crippen LogP contribution >= 0.6 is 0 Å². The van der Waals surface area contributed by atoms with E-state index in [1.54, 1.807) is 0 Å². The molecular weight excluding hydrogens is 304 g/mol. The van der Waals surface area contributed by atoms with Gasteiger partial charge in [0, 0.05) is 13.1 Å². The summed E-state index contributed by atoms with van der Waals surface area (Å²) in [6.07, 6.45) is 8.48. The summed E-state index contributed by atoms with van der Waals surface area (Å²) in [6.45, 7) is 9.44. The molecule has 0 amide bonds. The minimum atomic E-state index is -0.529. The number of piperidine rings is 1. The van der Waals surface area contributed by atoms with Gasteiger partial charge in [0.15, 0.2) is 0 Å². The van der Waals surface area contributed by atoms with Gasteiger partial charge in [0.2, 0.25) is 0 Å². The van der Waals surface area contributed by atoms with E-state index in [4.69, 9.17) is 5.11 Å². The Morgan fingerprint density at radius 1 is 1.29 bits per heavy atom. The number of aliphatic hydroxyl groups is 2. The second kappa shape index (κ2) is 8.92. The zero-order chi connectivity index (χ0) is 17.6. The Hall–Kier alpha value is -0.980. The van der Waals surface area contributed by atoms with Crippen LogP contribution in [0.5, 0.6) is 0 Å². The first-order valence-corrected chi connectivity index (χ1v) is 9.33. The second-order valence-corrected chi connectivity index (χ2v) is 8.02. The molecular formula is C18H34N4O2. The standard InChI is InChI=1S/C18H34N4O2/c1-15(5-4-9-18(2,3)24)6-10-21-11-7-17(8-12-21)22-13-16(14-23)19-20-22/h13,15,17,23-24H,4-12,14H2,1-3H3/t15-/m0/s1.